The minimum Gasteiger partial charge on any atom is -0.482 e. The highest BCUT2D eigenvalue weighted by molar-refractivity contribution is 6.42. The number of ketones is 1. The number of halogens is 2. The molecule has 2 aromatic carbocycles. The van der Waals surface area contributed by atoms with Crippen molar-refractivity contribution in [2.24, 2.45) is 0 Å². The van der Waals surface area contributed by atoms with Crippen molar-refractivity contribution in [2.75, 3.05) is 11.9 Å². The van der Waals surface area contributed by atoms with Gasteiger partial charge in [-0.15, -0.1) is 0 Å². The number of ether oxygens (including phenoxy) is 1. The maximum atomic E-state index is 11.8. The van der Waals surface area contributed by atoms with E-state index in [1.54, 1.807) is 42.5 Å². The van der Waals surface area contributed by atoms with E-state index in [4.69, 9.17) is 27.9 Å². The molecule has 114 valence electrons. The van der Waals surface area contributed by atoms with E-state index in [0.717, 1.165) is 0 Å². The second-order valence-electron chi connectivity index (χ2n) is 4.52. The fourth-order valence-electron chi connectivity index (χ4n) is 1.72. The summed E-state index contributed by atoms with van der Waals surface area (Å²) >= 11 is 11.8. The Morgan fingerprint density at radius 3 is 2.41 bits per heavy atom. The number of carbonyl (C=O) groups excluding carboxylic acids is 2. The molecule has 6 heteroatoms. The van der Waals surface area contributed by atoms with Gasteiger partial charge in [-0.2, -0.15) is 0 Å². The predicted octanol–water partition coefficient (Wildman–Crippen LogP) is 4.21. The predicted molar refractivity (Wildman–Crippen MR) is 87.0 cm³/mol. The van der Waals surface area contributed by atoms with Crippen LogP contribution in [0.1, 0.15) is 17.3 Å². The molecule has 0 aliphatic carbocycles. The van der Waals surface area contributed by atoms with Crippen LogP contribution in [0.4, 0.5) is 5.69 Å². The van der Waals surface area contributed by atoms with Crippen LogP contribution < -0.4 is 10.1 Å². The molecule has 0 radical (unpaired) electrons. The largest absolute Gasteiger partial charge is 0.482 e. The minimum absolute atomic E-state index is 0.0307. The van der Waals surface area contributed by atoms with Gasteiger partial charge in [0.05, 0.1) is 5.02 Å². The summed E-state index contributed by atoms with van der Waals surface area (Å²) in [5.41, 5.74) is 1.16. The van der Waals surface area contributed by atoms with Crippen molar-refractivity contribution in [1.29, 1.82) is 0 Å². The molecule has 0 aliphatic rings. The summed E-state index contributed by atoms with van der Waals surface area (Å²) in [6.45, 7) is 1.28. The van der Waals surface area contributed by atoms with Gasteiger partial charge in [0, 0.05) is 11.3 Å². The Morgan fingerprint density at radius 2 is 1.77 bits per heavy atom. The Hall–Kier alpha value is -2.04. The number of nitrogens with one attached hydrogen (secondary N) is 1. The summed E-state index contributed by atoms with van der Waals surface area (Å²) in [5, 5.41) is 3.29. The van der Waals surface area contributed by atoms with Crippen LogP contribution in [0.15, 0.2) is 42.5 Å². The Bertz CT molecular complexity index is 699. The Balaban J connectivity index is 1.93. The summed E-state index contributed by atoms with van der Waals surface area (Å²) in [5.74, 6) is -0.0281. The van der Waals surface area contributed by atoms with E-state index in [0.29, 0.717) is 22.0 Å². The van der Waals surface area contributed by atoms with Gasteiger partial charge in [-0.05, 0) is 43.3 Å². The molecule has 22 heavy (non-hydrogen) atoms. The first-order valence-electron chi connectivity index (χ1n) is 6.45. The van der Waals surface area contributed by atoms with E-state index in [9.17, 15) is 9.59 Å². The van der Waals surface area contributed by atoms with E-state index in [2.05, 4.69) is 5.32 Å². The normalized spacial score (nSPS) is 10.1. The minimum atomic E-state index is -0.341. The summed E-state index contributed by atoms with van der Waals surface area (Å²) < 4.78 is 5.33. The average Bonchev–Trinajstić information content (AvgIpc) is 2.49. The molecule has 4 nitrogen and oxygen atoms in total. The molecule has 0 atom stereocenters. The molecule has 0 fully saturated rings. The first kappa shape index (κ1) is 16.3. The molecule has 2 rings (SSSR count). The van der Waals surface area contributed by atoms with Crippen LogP contribution in [0.2, 0.25) is 10.0 Å². The molecule has 1 N–H and O–H groups in total. The highest BCUT2D eigenvalue weighted by Gasteiger charge is 2.09. The van der Waals surface area contributed by atoms with Gasteiger partial charge in [0.2, 0.25) is 0 Å². The summed E-state index contributed by atoms with van der Waals surface area (Å²) in [6.07, 6.45) is 0. The van der Waals surface area contributed by atoms with Crippen molar-refractivity contribution >= 4 is 40.6 Å². The number of carbonyl (C=O) groups is 2. The van der Waals surface area contributed by atoms with Crippen molar-refractivity contribution in [3.8, 4) is 5.75 Å². The van der Waals surface area contributed by atoms with Crippen LogP contribution in [-0.4, -0.2) is 18.3 Å². The Kier molecular flexibility index (Phi) is 5.41. The summed E-state index contributed by atoms with van der Waals surface area (Å²) in [4.78, 5) is 23.0. The maximum absolute atomic E-state index is 11.8. The molecule has 0 aromatic heterocycles. The third kappa shape index (κ3) is 4.23. The van der Waals surface area contributed by atoms with Gasteiger partial charge in [-0.25, -0.2) is 0 Å². The number of anilines is 1. The number of hydrogen-bond donors (Lipinski definition) is 1. The van der Waals surface area contributed by atoms with Crippen LogP contribution >= 0.6 is 23.2 Å². The molecule has 0 heterocycles. The molecule has 0 saturated heterocycles. The number of benzene rings is 2. The fraction of sp³-hybridized carbons (Fsp3) is 0.125. The lowest BCUT2D eigenvalue weighted by atomic mass is 10.1. The molecule has 0 saturated carbocycles. The number of rotatable bonds is 5. The van der Waals surface area contributed by atoms with Crippen LogP contribution in [-0.2, 0) is 4.79 Å². The molecular formula is C16H13Cl2NO3. The number of amides is 1. The van der Waals surface area contributed by atoms with E-state index in [-0.39, 0.29) is 23.3 Å². The first-order valence-corrected chi connectivity index (χ1v) is 7.20. The molecule has 0 aliphatic heterocycles. The van der Waals surface area contributed by atoms with Gasteiger partial charge >= 0.3 is 0 Å². The maximum Gasteiger partial charge on any atom is 0.262 e. The lowest BCUT2D eigenvalue weighted by Gasteiger charge is -2.09. The van der Waals surface area contributed by atoms with Crippen molar-refractivity contribution in [2.45, 2.75) is 6.92 Å². The molecule has 1 amide bonds. The van der Waals surface area contributed by atoms with Crippen LogP contribution in [0.5, 0.6) is 5.75 Å². The second-order valence-corrected chi connectivity index (χ2v) is 5.31. The standard InChI is InChI=1S/C16H13Cl2NO3/c1-10(20)11-5-7-12(8-6-11)19-15(21)9-22-14-4-2-3-13(17)16(14)18/h2-8H,9H2,1H3,(H,19,21). The summed E-state index contributed by atoms with van der Waals surface area (Å²) in [6, 6.07) is 11.5. The van der Waals surface area contributed by atoms with Crippen molar-refractivity contribution < 1.29 is 14.3 Å². The average molecular weight is 338 g/mol. The third-order valence-corrected chi connectivity index (χ3v) is 3.65. The van der Waals surface area contributed by atoms with Gasteiger partial charge in [-0.1, -0.05) is 29.3 Å². The summed E-state index contributed by atoms with van der Waals surface area (Å²) in [7, 11) is 0. The van der Waals surface area contributed by atoms with Gasteiger partial charge in [0.1, 0.15) is 10.8 Å². The quantitative estimate of drug-likeness (QED) is 0.831. The lowest BCUT2D eigenvalue weighted by molar-refractivity contribution is -0.118. The molecular weight excluding hydrogens is 325 g/mol. The van der Waals surface area contributed by atoms with Crippen molar-refractivity contribution in [3.63, 3.8) is 0 Å². The molecule has 0 spiro atoms. The van der Waals surface area contributed by atoms with Gasteiger partial charge in [-0.3, -0.25) is 9.59 Å². The zero-order valence-electron chi connectivity index (χ0n) is 11.7. The highest BCUT2D eigenvalue weighted by atomic mass is 35.5. The first-order chi connectivity index (χ1) is 10.5. The van der Waals surface area contributed by atoms with Gasteiger partial charge in [0.15, 0.2) is 12.4 Å². The number of Topliss-reactive ketones (excluding diaryl/α,β-unsaturated/α-hetero) is 1. The Morgan fingerprint density at radius 1 is 1.09 bits per heavy atom. The van der Waals surface area contributed by atoms with E-state index >= 15 is 0 Å². The topological polar surface area (TPSA) is 55.4 Å². The van der Waals surface area contributed by atoms with E-state index in [1.165, 1.54) is 6.92 Å². The molecule has 0 bridgehead atoms. The lowest BCUT2D eigenvalue weighted by Crippen LogP contribution is -2.20. The third-order valence-electron chi connectivity index (χ3n) is 2.85. The molecule has 2 aromatic rings. The van der Waals surface area contributed by atoms with Crippen LogP contribution in [0.3, 0.4) is 0 Å². The fourth-order valence-corrected chi connectivity index (χ4v) is 2.07. The Labute approximate surface area is 138 Å². The zero-order chi connectivity index (χ0) is 16.1. The van der Waals surface area contributed by atoms with Crippen LogP contribution in [0.25, 0.3) is 0 Å². The van der Waals surface area contributed by atoms with Gasteiger partial charge in [0.25, 0.3) is 5.91 Å². The smallest absolute Gasteiger partial charge is 0.262 e. The second kappa shape index (κ2) is 7.29. The van der Waals surface area contributed by atoms with Crippen molar-refractivity contribution in [1.82, 2.24) is 0 Å². The van der Waals surface area contributed by atoms with E-state index < -0.39 is 0 Å². The van der Waals surface area contributed by atoms with Crippen LogP contribution in [0, 0.1) is 0 Å². The number of hydrogen-bond acceptors (Lipinski definition) is 3. The van der Waals surface area contributed by atoms with Crippen molar-refractivity contribution in [3.05, 3.63) is 58.1 Å². The molecule has 0 unspecified atom stereocenters. The SMILES string of the molecule is CC(=O)c1ccc(NC(=O)COc2cccc(Cl)c2Cl)cc1. The monoisotopic (exact) mass is 337 g/mol. The van der Waals surface area contributed by atoms with E-state index in [1.807, 2.05) is 0 Å². The highest BCUT2D eigenvalue weighted by Crippen LogP contribution is 2.31. The van der Waals surface area contributed by atoms with Gasteiger partial charge < -0.3 is 10.1 Å². The zero-order valence-corrected chi connectivity index (χ0v) is 13.2.